The van der Waals surface area contributed by atoms with Gasteiger partial charge in [0.25, 0.3) is 11.8 Å². The number of carbonyl (C=O) groups is 2. The van der Waals surface area contributed by atoms with Gasteiger partial charge in [-0.15, -0.1) is 11.3 Å². The van der Waals surface area contributed by atoms with Crippen molar-refractivity contribution < 1.29 is 14.3 Å². The number of piperazine rings is 1. The Morgan fingerprint density at radius 1 is 1.11 bits per heavy atom. The van der Waals surface area contributed by atoms with Crippen LogP contribution in [-0.2, 0) is 4.79 Å². The average molecular weight is 388 g/mol. The maximum absolute atomic E-state index is 12.3. The first-order chi connectivity index (χ1) is 13.1. The molecule has 0 radical (unpaired) electrons. The number of hydrogen-bond acceptors (Lipinski definition) is 5. The second kappa shape index (κ2) is 9.53. The molecule has 1 aliphatic rings. The molecule has 2 heterocycles. The summed E-state index contributed by atoms with van der Waals surface area (Å²) < 4.78 is 5.55. The molecule has 1 aliphatic heterocycles. The van der Waals surface area contributed by atoms with Crippen LogP contribution in [-0.4, -0.2) is 67.5 Å². The van der Waals surface area contributed by atoms with Crippen molar-refractivity contribution in [3.8, 4) is 5.75 Å². The number of thiophene rings is 1. The highest BCUT2D eigenvalue weighted by Crippen LogP contribution is 2.16. The number of nitrogens with one attached hydrogen (secondary N) is 1. The summed E-state index contributed by atoms with van der Waals surface area (Å²) in [6.07, 6.45) is 0. The molecule has 0 unspecified atom stereocenters. The number of carbonyl (C=O) groups excluding carboxylic acids is 2. The van der Waals surface area contributed by atoms with Crippen LogP contribution < -0.4 is 10.1 Å². The van der Waals surface area contributed by atoms with Gasteiger partial charge in [0.05, 0.1) is 4.88 Å². The number of para-hydroxylation sites is 1. The van der Waals surface area contributed by atoms with Crippen LogP contribution in [0.25, 0.3) is 0 Å². The van der Waals surface area contributed by atoms with Crippen LogP contribution in [0, 0.1) is 6.92 Å². The number of ether oxygens (including phenoxy) is 1. The number of nitrogens with zero attached hydrogens (tertiary/aromatic N) is 2. The number of benzene rings is 1. The lowest BCUT2D eigenvalue weighted by Crippen LogP contribution is -2.50. The average Bonchev–Trinajstić information content (AvgIpc) is 3.22. The van der Waals surface area contributed by atoms with Gasteiger partial charge in [-0.25, -0.2) is 0 Å². The zero-order chi connectivity index (χ0) is 19.1. The van der Waals surface area contributed by atoms with Crippen LogP contribution >= 0.6 is 11.3 Å². The molecular weight excluding hydrogens is 362 g/mol. The lowest BCUT2D eigenvalue weighted by Gasteiger charge is -2.34. The second-order valence-electron chi connectivity index (χ2n) is 6.52. The highest BCUT2D eigenvalue weighted by molar-refractivity contribution is 7.12. The maximum Gasteiger partial charge on any atom is 0.264 e. The van der Waals surface area contributed by atoms with E-state index in [4.69, 9.17) is 4.74 Å². The molecule has 0 atom stereocenters. The first-order valence-electron chi connectivity index (χ1n) is 9.14. The molecule has 1 fully saturated rings. The van der Waals surface area contributed by atoms with Crippen molar-refractivity contribution in [2.75, 3.05) is 45.9 Å². The fourth-order valence-electron chi connectivity index (χ4n) is 3.00. The molecule has 144 valence electrons. The number of rotatable bonds is 7. The SMILES string of the molecule is Cc1ccccc1OCC(=O)NCCN1CCN(C(=O)c2cccs2)CC1. The Morgan fingerprint density at radius 3 is 2.59 bits per heavy atom. The first kappa shape index (κ1) is 19.4. The molecule has 0 spiro atoms. The van der Waals surface area contributed by atoms with E-state index < -0.39 is 0 Å². The van der Waals surface area contributed by atoms with Crippen LogP contribution in [0.4, 0.5) is 0 Å². The minimum Gasteiger partial charge on any atom is -0.484 e. The predicted molar refractivity (Wildman–Crippen MR) is 106 cm³/mol. The summed E-state index contributed by atoms with van der Waals surface area (Å²) in [5, 5.41) is 4.82. The fourth-order valence-corrected chi connectivity index (χ4v) is 3.69. The normalized spacial score (nSPS) is 14.8. The Morgan fingerprint density at radius 2 is 1.89 bits per heavy atom. The third kappa shape index (κ3) is 5.55. The van der Waals surface area contributed by atoms with E-state index in [0.717, 1.165) is 48.9 Å². The van der Waals surface area contributed by atoms with Crippen LogP contribution in [0.15, 0.2) is 41.8 Å². The fraction of sp³-hybridized carbons (Fsp3) is 0.400. The van der Waals surface area contributed by atoms with E-state index in [1.165, 1.54) is 11.3 Å². The van der Waals surface area contributed by atoms with E-state index in [1.807, 2.05) is 53.6 Å². The van der Waals surface area contributed by atoms with Gasteiger partial charge in [-0.1, -0.05) is 24.3 Å². The van der Waals surface area contributed by atoms with Crippen molar-refractivity contribution in [1.82, 2.24) is 15.1 Å². The predicted octanol–water partition coefficient (Wildman–Crippen LogP) is 2.01. The van der Waals surface area contributed by atoms with Crippen molar-refractivity contribution in [3.63, 3.8) is 0 Å². The van der Waals surface area contributed by atoms with Crippen molar-refractivity contribution in [1.29, 1.82) is 0 Å². The number of amides is 2. The Hall–Kier alpha value is -2.38. The van der Waals surface area contributed by atoms with E-state index in [2.05, 4.69) is 10.2 Å². The van der Waals surface area contributed by atoms with Crippen LogP contribution in [0.1, 0.15) is 15.2 Å². The van der Waals surface area contributed by atoms with Gasteiger partial charge in [0.15, 0.2) is 6.61 Å². The zero-order valence-corrected chi connectivity index (χ0v) is 16.3. The molecule has 0 aliphatic carbocycles. The molecule has 3 rings (SSSR count). The molecule has 0 saturated carbocycles. The van der Waals surface area contributed by atoms with Crippen molar-refractivity contribution >= 4 is 23.2 Å². The molecule has 6 nitrogen and oxygen atoms in total. The monoisotopic (exact) mass is 387 g/mol. The zero-order valence-electron chi connectivity index (χ0n) is 15.5. The number of aryl methyl sites for hydroxylation is 1. The summed E-state index contributed by atoms with van der Waals surface area (Å²) in [7, 11) is 0. The Balaban J connectivity index is 1.31. The maximum atomic E-state index is 12.3. The molecule has 2 amide bonds. The van der Waals surface area contributed by atoms with Gasteiger partial charge in [-0.2, -0.15) is 0 Å². The smallest absolute Gasteiger partial charge is 0.264 e. The molecule has 0 bridgehead atoms. The summed E-state index contributed by atoms with van der Waals surface area (Å²) in [5.41, 5.74) is 1.01. The molecule has 1 aromatic carbocycles. The van der Waals surface area contributed by atoms with E-state index in [-0.39, 0.29) is 18.4 Å². The van der Waals surface area contributed by atoms with E-state index in [0.29, 0.717) is 6.54 Å². The van der Waals surface area contributed by atoms with Crippen molar-refractivity contribution in [2.24, 2.45) is 0 Å². The van der Waals surface area contributed by atoms with Gasteiger partial charge >= 0.3 is 0 Å². The van der Waals surface area contributed by atoms with Crippen LogP contribution in [0.2, 0.25) is 0 Å². The molecular formula is C20H25N3O3S. The minimum absolute atomic E-state index is 0.0218. The Labute approximate surface area is 163 Å². The topological polar surface area (TPSA) is 61.9 Å². The standard InChI is InChI=1S/C20H25N3O3S/c1-16-5-2-3-6-17(16)26-15-19(24)21-8-9-22-10-12-23(13-11-22)20(25)18-7-4-14-27-18/h2-7,14H,8-13,15H2,1H3,(H,21,24). The first-order valence-corrected chi connectivity index (χ1v) is 10.0. The van der Waals surface area contributed by atoms with Crippen LogP contribution in [0.5, 0.6) is 5.75 Å². The molecule has 1 N–H and O–H groups in total. The third-order valence-electron chi connectivity index (χ3n) is 4.59. The van der Waals surface area contributed by atoms with Gasteiger partial charge in [0.2, 0.25) is 0 Å². The second-order valence-corrected chi connectivity index (χ2v) is 7.46. The highest BCUT2D eigenvalue weighted by atomic mass is 32.1. The van der Waals surface area contributed by atoms with Gasteiger partial charge in [0.1, 0.15) is 5.75 Å². The molecule has 1 saturated heterocycles. The molecule has 1 aromatic heterocycles. The summed E-state index contributed by atoms with van der Waals surface area (Å²) in [4.78, 5) is 29.2. The van der Waals surface area contributed by atoms with Gasteiger partial charge in [0, 0.05) is 39.3 Å². The van der Waals surface area contributed by atoms with E-state index in [1.54, 1.807) is 0 Å². The quantitative estimate of drug-likeness (QED) is 0.790. The summed E-state index contributed by atoms with van der Waals surface area (Å²) in [5.74, 6) is 0.732. The van der Waals surface area contributed by atoms with Gasteiger partial charge in [-0.3, -0.25) is 14.5 Å². The van der Waals surface area contributed by atoms with E-state index in [9.17, 15) is 9.59 Å². The lowest BCUT2D eigenvalue weighted by atomic mass is 10.2. The van der Waals surface area contributed by atoms with Gasteiger partial charge < -0.3 is 15.0 Å². The summed E-state index contributed by atoms with van der Waals surface area (Å²) >= 11 is 1.48. The summed E-state index contributed by atoms with van der Waals surface area (Å²) in [6.45, 7) is 6.43. The van der Waals surface area contributed by atoms with Crippen molar-refractivity contribution in [3.05, 3.63) is 52.2 Å². The molecule has 27 heavy (non-hydrogen) atoms. The van der Waals surface area contributed by atoms with Gasteiger partial charge in [-0.05, 0) is 30.0 Å². The highest BCUT2D eigenvalue weighted by Gasteiger charge is 2.22. The van der Waals surface area contributed by atoms with Crippen molar-refractivity contribution in [2.45, 2.75) is 6.92 Å². The molecule has 2 aromatic rings. The lowest BCUT2D eigenvalue weighted by molar-refractivity contribution is -0.123. The number of hydrogen-bond donors (Lipinski definition) is 1. The minimum atomic E-state index is -0.121. The Kier molecular flexibility index (Phi) is 6.84. The summed E-state index contributed by atoms with van der Waals surface area (Å²) in [6, 6.07) is 11.4. The Bertz CT molecular complexity index is 756. The third-order valence-corrected chi connectivity index (χ3v) is 5.45. The molecule has 7 heteroatoms. The van der Waals surface area contributed by atoms with E-state index >= 15 is 0 Å². The van der Waals surface area contributed by atoms with Crippen LogP contribution in [0.3, 0.4) is 0 Å². The largest absolute Gasteiger partial charge is 0.484 e.